The highest BCUT2D eigenvalue weighted by atomic mass is 16.5. The van der Waals surface area contributed by atoms with Crippen LogP contribution in [0.4, 0.5) is 0 Å². The smallest absolute Gasteiger partial charge is 0.0589 e. The number of ether oxygens (including phenoxy) is 1. The van der Waals surface area contributed by atoms with Gasteiger partial charge in [0.15, 0.2) is 0 Å². The first kappa shape index (κ1) is 15.9. The zero-order chi connectivity index (χ0) is 12.6. The summed E-state index contributed by atoms with van der Waals surface area (Å²) in [6.07, 6.45) is 1.19. The molecule has 0 aliphatic rings. The van der Waals surface area contributed by atoms with Crippen LogP contribution in [0.1, 0.15) is 34.1 Å². The summed E-state index contributed by atoms with van der Waals surface area (Å²) in [6.45, 7) is 12.1. The molecule has 2 atom stereocenters. The maximum atomic E-state index is 5.18. The van der Waals surface area contributed by atoms with Gasteiger partial charge in [0, 0.05) is 32.3 Å². The van der Waals surface area contributed by atoms with Gasteiger partial charge in [0.05, 0.1) is 6.61 Å². The van der Waals surface area contributed by atoms with Crippen molar-refractivity contribution in [3.8, 4) is 0 Å². The van der Waals surface area contributed by atoms with E-state index in [9.17, 15) is 0 Å². The lowest BCUT2D eigenvalue weighted by molar-refractivity contribution is 0.108. The van der Waals surface area contributed by atoms with Crippen molar-refractivity contribution in [1.82, 2.24) is 10.2 Å². The third kappa shape index (κ3) is 7.20. The Labute approximate surface area is 102 Å². The van der Waals surface area contributed by atoms with E-state index < -0.39 is 0 Å². The van der Waals surface area contributed by atoms with Gasteiger partial charge in [-0.1, -0.05) is 13.8 Å². The molecule has 0 aromatic carbocycles. The van der Waals surface area contributed by atoms with Crippen LogP contribution in [0.15, 0.2) is 0 Å². The van der Waals surface area contributed by atoms with Crippen molar-refractivity contribution in [3.63, 3.8) is 0 Å². The van der Waals surface area contributed by atoms with Crippen LogP contribution in [0.5, 0.6) is 0 Å². The molecule has 0 saturated carbocycles. The molecule has 0 aromatic rings. The van der Waals surface area contributed by atoms with Crippen molar-refractivity contribution >= 4 is 0 Å². The Bertz CT molecular complexity index is 162. The van der Waals surface area contributed by atoms with Crippen LogP contribution >= 0.6 is 0 Å². The van der Waals surface area contributed by atoms with E-state index in [1.807, 2.05) is 7.05 Å². The van der Waals surface area contributed by atoms with Crippen LogP contribution in [-0.2, 0) is 4.74 Å². The average molecular weight is 230 g/mol. The van der Waals surface area contributed by atoms with E-state index in [0.717, 1.165) is 19.7 Å². The normalized spacial score (nSPS) is 15.8. The Morgan fingerprint density at radius 3 is 2.25 bits per heavy atom. The second-order valence-corrected chi connectivity index (χ2v) is 5.16. The number of methoxy groups -OCH3 is 1. The fourth-order valence-electron chi connectivity index (χ4n) is 1.95. The molecule has 0 bridgehead atoms. The summed E-state index contributed by atoms with van der Waals surface area (Å²) in [5.74, 6) is 0.712. The van der Waals surface area contributed by atoms with Gasteiger partial charge in [0.2, 0.25) is 0 Å². The van der Waals surface area contributed by atoms with Gasteiger partial charge in [-0.25, -0.2) is 0 Å². The molecule has 16 heavy (non-hydrogen) atoms. The largest absolute Gasteiger partial charge is 0.383 e. The minimum Gasteiger partial charge on any atom is -0.383 e. The van der Waals surface area contributed by atoms with E-state index in [1.165, 1.54) is 6.42 Å². The predicted molar refractivity (Wildman–Crippen MR) is 70.9 cm³/mol. The fourth-order valence-corrected chi connectivity index (χ4v) is 1.95. The maximum absolute atomic E-state index is 5.18. The molecule has 0 aromatic heterocycles. The second-order valence-electron chi connectivity index (χ2n) is 5.16. The van der Waals surface area contributed by atoms with Crippen LogP contribution < -0.4 is 5.32 Å². The van der Waals surface area contributed by atoms with E-state index in [-0.39, 0.29) is 0 Å². The molecule has 2 unspecified atom stereocenters. The number of hydrogen-bond donors (Lipinski definition) is 1. The van der Waals surface area contributed by atoms with Crippen LogP contribution in [0, 0.1) is 5.92 Å². The average Bonchev–Trinajstić information content (AvgIpc) is 2.23. The van der Waals surface area contributed by atoms with Crippen molar-refractivity contribution in [2.45, 2.75) is 46.2 Å². The van der Waals surface area contributed by atoms with Gasteiger partial charge in [-0.3, -0.25) is 4.90 Å². The molecular weight excluding hydrogens is 200 g/mol. The molecule has 0 aliphatic carbocycles. The van der Waals surface area contributed by atoms with E-state index in [2.05, 4.69) is 37.9 Å². The van der Waals surface area contributed by atoms with Crippen molar-refractivity contribution < 1.29 is 4.74 Å². The standard InChI is InChI=1S/C13H30N2O/c1-11(2)10-15(7-8-16-6)13(4)9-12(3)14-5/h11-14H,7-10H2,1-6H3. The summed E-state index contributed by atoms with van der Waals surface area (Å²) < 4.78 is 5.18. The van der Waals surface area contributed by atoms with Crippen LogP contribution in [0.2, 0.25) is 0 Å². The van der Waals surface area contributed by atoms with Gasteiger partial charge < -0.3 is 10.1 Å². The van der Waals surface area contributed by atoms with Gasteiger partial charge in [0.1, 0.15) is 0 Å². The Morgan fingerprint density at radius 1 is 1.19 bits per heavy atom. The quantitative estimate of drug-likeness (QED) is 0.655. The molecular formula is C13H30N2O. The Kier molecular flexibility index (Phi) is 8.90. The minimum atomic E-state index is 0.576. The molecule has 0 spiro atoms. The number of nitrogens with zero attached hydrogens (tertiary/aromatic N) is 1. The monoisotopic (exact) mass is 230 g/mol. The molecule has 0 amide bonds. The van der Waals surface area contributed by atoms with Gasteiger partial charge in [-0.2, -0.15) is 0 Å². The molecule has 0 heterocycles. The predicted octanol–water partition coefficient (Wildman–Crippen LogP) is 1.98. The zero-order valence-corrected chi connectivity index (χ0v) is 11.9. The lowest BCUT2D eigenvalue weighted by Crippen LogP contribution is -2.41. The van der Waals surface area contributed by atoms with Crippen LogP contribution in [0.3, 0.4) is 0 Å². The molecule has 0 saturated heterocycles. The van der Waals surface area contributed by atoms with Gasteiger partial charge in [0.25, 0.3) is 0 Å². The maximum Gasteiger partial charge on any atom is 0.0589 e. The summed E-state index contributed by atoms with van der Waals surface area (Å²) >= 11 is 0. The van der Waals surface area contributed by atoms with Crippen LogP contribution in [0.25, 0.3) is 0 Å². The van der Waals surface area contributed by atoms with Crippen molar-refractivity contribution in [1.29, 1.82) is 0 Å². The minimum absolute atomic E-state index is 0.576. The van der Waals surface area contributed by atoms with Crippen LogP contribution in [-0.4, -0.2) is 50.8 Å². The van der Waals surface area contributed by atoms with Gasteiger partial charge in [-0.05, 0) is 33.2 Å². The molecule has 98 valence electrons. The van der Waals surface area contributed by atoms with E-state index in [1.54, 1.807) is 7.11 Å². The third-order valence-electron chi connectivity index (χ3n) is 2.99. The topological polar surface area (TPSA) is 24.5 Å². The number of rotatable bonds is 9. The Morgan fingerprint density at radius 2 is 1.81 bits per heavy atom. The highest BCUT2D eigenvalue weighted by molar-refractivity contribution is 4.73. The van der Waals surface area contributed by atoms with Gasteiger partial charge in [-0.15, -0.1) is 0 Å². The molecule has 0 aliphatic heterocycles. The van der Waals surface area contributed by atoms with Gasteiger partial charge >= 0.3 is 0 Å². The summed E-state index contributed by atoms with van der Waals surface area (Å²) in [7, 11) is 3.80. The zero-order valence-electron chi connectivity index (χ0n) is 11.9. The molecule has 0 fully saturated rings. The first-order valence-electron chi connectivity index (χ1n) is 6.41. The molecule has 0 rings (SSSR count). The highest BCUT2D eigenvalue weighted by Crippen LogP contribution is 2.09. The number of nitrogens with one attached hydrogen (secondary N) is 1. The van der Waals surface area contributed by atoms with E-state index >= 15 is 0 Å². The Hall–Kier alpha value is -0.120. The van der Waals surface area contributed by atoms with Crippen molar-refractivity contribution in [2.75, 3.05) is 33.9 Å². The fraction of sp³-hybridized carbons (Fsp3) is 1.00. The second kappa shape index (κ2) is 8.97. The first-order chi connectivity index (χ1) is 7.51. The summed E-state index contributed by atoms with van der Waals surface area (Å²) in [5, 5.41) is 3.30. The molecule has 3 nitrogen and oxygen atoms in total. The molecule has 3 heteroatoms. The third-order valence-corrected chi connectivity index (χ3v) is 2.99. The SMILES string of the molecule is CNC(C)CC(C)N(CCOC)CC(C)C. The first-order valence-corrected chi connectivity index (χ1v) is 6.41. The lowest BCUT2D eigenvalue weighted by Gasteiger charge is -2.32. The lowest BCUT2D eigenvalue weighted by atomic mass is 10.1. The van der Waals surface area contributed by atoms with Crippen molar-refractivity contribution in [3.05, 3.63) is 0 Å². The van der Waals surface area contributed by atoms with Crippen molar-refractivity contribution in [2.24, 2.45) is 5.92 Å². The summed E-state index contributed by atoms with van der Waals surface area (Å²) in [6, 6.07) is 1.19. The summed E-state index contributed by atoms with van der Waals surface area (Å²) in [4.78, 5) is 2.53. The summed E-state index contributed by atoms with van der Waals surface area (Å²) in [5.41, 5.74) is 0. The molecule has 1 N–H and O–H groups in total. The highest BCUT2D eigenvalue weighted by Gasteiger charge is 2.16. The van der Waals surface area contributed by atoms with E-state index in [0.29, 0.717) is 18.0 Å². The number of hydrogen-bond acceptors (Lipinski definition) is 3. The Balaban J connectivity index is 4.13. The molecule has 0 radical (unpaired) electrons. The van der Waals surface area contributed by atoms with E-state index in [4.69, 9.17) is 4.74 Å².